The fourth-order valence-corrected chi connectivity index (χ4v) is 5.28. The molecule has 0 spiro atoms. The highest BCUT2D eigenvalue weighted by Gasteiger charge is 2.16. The Bertz CT molecular complexity index is 961. The van der Waals surface area contributed by atoms with Crippen molar-refractivity contribution >= 4 is 17.5 Å². The third-order valence-electron chi connectivity index (χ3n) is 7.56. The molecule has 1 aliphatic heterocycles. The molecule has 1 heterocycles. The second-order valence-corrected chi connectivity index (χ2v) is 10.6. The Labute approximate surface area is 226 Å². The van der Waals surface area contributed by atoms with Gasteiger partial charge in [0.15, 0.2) is 5.78 Å². The molecular weight excluding hydrogens is 450 g/mol. The smallest absolute Gasteiger partial charge is 0.185 e. The Hall–Kier alpha value is -2.61. The zero-order valence-electron chi connectivity index (χ0n) is 23.3. The van der Waals surface area contributed by atoms with Gasteiger partial charge in [0.25, 0.3) is 0 Å². The zero-order chi connectivity index (χ0) is 26.0. The lowest BCUT2D eigenvalue weighted by molar-refractivity contribution is -0.111. The van der Waals surface area contributed by atoms with Crippen LogP contribution >= 0.6 is 0 Å². The van der Waals surface area contributed by atoms with Crippen LogP contribution in [-0.2, 0) is 4.79 Å². The number of allylic oxidation sites excluding steroid dienone is 8. The van der Waals surface area contributed by atoms with Crippen molar-refractivity contribution in [2.75, 3.05) is 11.4 Å². The minimum absolute atomic E-state index is 0.0730. The molecule has 0 saturated carbocycles. The summed E-state index contributed by atoms with van der Waals surface area (Å²) in [6.07, 6.45) is 37.9. The third kappa shape index (κ3) is 10.7. The van der Waals surface area contributed by atoms with Gasteiger partial charge in [-0.1, -0.05) is 146 Å². The van der Waals surface area contributed by atoms with Crippen molar-refractivity contribution < 1.29 is 4.79 Å². The van der Waals surface area contributed by atoms with Crippen molar-refractivity contribution in [3.8, 4) is 0 Å². The highest BCUT2D eigenvalue weighted by molar-refractivity contribution is 6.07. The van der Waals surface area contributed by atoms with E-state index in [2.05, 4.69) is 54.3 Å². The highest BCUT2D eigenvalue weighted by atomic mass is 16.1. The molecule has 2 aliphatic rings. The van der Waals surface area contributed by atoms with Crippen LogP contribution in [-0.4, -0.2) is 12.3 Å². The van der Waals surface area contributed by atoms with E-state index in [1.54, 1.807) is 12.2 Å². The molecule has 1 aromatic rings. The number of ketones is 1. The van der Waals surface area contributed by atoms with Crippen LogP contribution in [0.1, 0.15) is 115 Å². The van der Waals surface area contributed by atoms with E-state index >= 15 is 0 Å². The van der Waals surface area contributed by atoms with Gasteiger partial charge in [0, 0.05) is 23.5 Å². The van der Waals surface area contributed by atoms with E-state index in [-0.39, 0.29) is 5.78 Å². The lowest BCUT2D eigenvalue weighted by atomic mass is 10.0. The summed E-state index contributed by atoms with van der Waals surface area (Å²) in [7, 11) is 0. The fourth-order valence-electron chi connectivity index (χ4n) is 5.28. The van der Waals surface area contributed by atoms with Crippen LogP contribution in [0, 0.1) is 0 Å². The molecule has 37 heavy (non-hydrogen) atoms. The van der Waals surface area contributed by atoms with Gasteiger partial charge in [-0.05, 0) is 42.4 Å². The monoisotopic (exact) mass is 499 g/mol. The van der Waals surface area contributed by atoms with Gasteiger partial charge < -0.3 is 4.90 Å². The maximum atomic E-state index is 12.1. The summed E-state index contributed by atoms with van der Waals surface area (Å²) >= 11 is 0. The number of unbranched alkanes of at least 4 members (excludes halogenated alkanes) is 15. The number of para-hydroxylation sites is 1. The summed E-state index contributed by atoms with van der Waals surface area (Å²) in [6, 6.07) is 8.61. The van der Waals surface area contributed by atoms with Crippen LogP contribution in [0.2, 0.25) is 0 Å². The molecular formula is C35H49NO. The Morgan fingerprint density at radius 2 is 1.19 bits per heavy atom. The molecule has 0 amide bonds. The van der Waals surface area contributed by atoms with Crippen molar-refractivity contribution in [2.24, 2.45) is 0 Å². The molecule has 0 saturated heterocycles. The van der Waals surface area contributed by atoms with E-state index < -0.39 is 0 Å². The third-order valence-corrected chi connectivity index (χ3v) is 7.56. The first-order valence-corrected chi connectivity index (χ1v) is 15.2. The van der Waals surface area contributed by atoms with E-state index in [0.29, 0.717) is 0 Å². The second kappa shape index (κ2) is 17.8. The van der Waals surface area contributed by atoms with Crippen LogP contribution in [0.3, 0.4) is 0 Å². The highest BCUT2D eigenvalue weighted by Crippen LogP contribution is 2.31. The molecule has 1 aromatic carbocycles. The lowest BCUT2D eigenvalue weighted by Crippen LogP contribution is -2.25. The van der Waals surface area contributed by atoms with Crippen molar-refractivity contribution in [3.63, 3.8) is 0 Å². The van der Waals surface area contributed by atoms with Gasteiger partial charge in [-0.15, -0.1) is 0 Å². The summed E-state index contributed by atoms with van der Waals surface area (Å²) in [5, 5.41) is 0. The van der Waals surface area contributed by atoms with E-state index in [0.717, 1.165) is 17.8 Å². The first-order valence-electron chi connectivity index (χ1n) is 15.2. The van der Waals surface area contributed by atoms with Crippen molar-refractivity contribution in [1.82, 2.24) is 0 Å². The van der Waals surface area contributed by atoms with E-state index in [9.17, 15) is 4.79 Å². The van der Waals surface area contributed by atoms with Gasteiger partial charge in [0.05, 0.1) is 0 Å². The molecule has 2 nitrogen and oxygen atoms in total. The Kier molecular flexibility index (Phi) is 13.9. The summed E-state index contributed by atoms with van der Waals surface area (Å²) in [5.41, 5.74) is 4.42. The Morgan fingerprint density at radius 1 is 0.622 bits per heavy atom. The molecule has 0 N–H and O–H groups in total. The molecule has 1 aliphatic carbocycles. The fraction of sp³-hybridized carbons (Fsp3) is 0.514. The number of anilines is 1. The molecule has 0 radical (unpaired) electrons. The van der Waals surface area contributed by atoms with Gasteiger partial charge in [-0.2, -0.15) is 0 Å². The standard InChI is InChI=1S/C35H49NO/c1-2-3-4-5-6-7-8-9-10-11-12-13-14-15-16-21-30-36-33(28-26-31-22-17-19-24-34(31)36)29-27-32-23-18-20-25-35(32)37/h17-20,22-29H,2-16,21,30H2,1H3/b32-27-,33-29-. The van der Waals surface area contributed by atoms with Crippen LogP contribution in [0.15, 0.2) is 78.1 Å². The molecule has 0 unspecified atom stereocenters. The predicted molar refractivity (Wildman–Crippen MR) is 162 cm³/mol. The Morgan fingerprint density at radius 3 is 1.81 bits per heavy atom. The van der Waals surface area contributed by atoms with E-state index in [4.69, 9.17) is 0 Å². The normalized spacial score (nSPS) is 16.8. The number of rotatable bonds is 18. The van der Waals surface area contributed by atoms with Gasteiger partial charge in [0.1, 0.15) is 0 Å². The molecule has 200 valence electrons. The van der Waals surface area contributed by atoms with E-state index in [1.807, 2.05) is 18.2 Å². The van der Waals surface area contributed by atoms with Crippen LogP contribution in [0.25, 0.3) is 6.08 Å². The van der Waals surface area contributed by atoms with Gasteiger partial charge in [-0.25, -0.2) is 0 Å². The number of hydrogen-bond acceptors (Lipinski definition) is 2. The second-order valence-electron chi connectivity index (χ2n) is 10.6. The molecule has 0 aromatic heterocycles. The first-order chi connectivity index (χ1) is 18.3. The van der Waals surface area contributed by atoms with Crippen LogP contribution in [0.5, 0.6) is 0 Å². The average molecular weight is 500 g/mol. The largest absolute Gasteiger partial charge is 0.341 e. The van der Waals surface area contributed by atoms with Gasteiger partial charge in [-0.3, -0.25) is 4.79 Å². The van der Waals surface area contributed by atoms with E-state index in [1.165, 1.54) is 114 Å². The number of nitrogens with zero attached hydrogens (tertiary/aromatic N) is 1. The Balaban J connectivity index is 1.32. The van der Waals surface area contributed by atoms with Crippen molar-refractivity contribution in [1.29, 1.82) is 0 Å². The summed E-state index contributed by atoms with van der Waals surface area (Å²) in [6.45, 7) is 3.30. The van der Waals surface area contributed by atoms with Crippen LogP contribution in [0.4, 0.5) is 5.69 Å². The predicted octanol–water partition coefficient (Wildman–Crippen LogP) is 10.3. The maximum absolute atomic E-state index is 12.1. The number of hydrogen-bond donors (Lipinski definition) is 0. The SMILES string of the molecule is CCCCCCCCCCCCCCCCCCN1/C(=C\C=C2\C=CC=CC2=O)C=Cc2ccccc21. The van der Waals surface area contributed by atoms with Crippen molar-refractivity contribution in [3.05, 3.63) is 83.6 Å². The number of fused-ring (bicyclic) bond motifs is 1. The first kappa shape index (κ1) is 29.0. The minimum Gasteiger partial charge on any atom is -0.341 e. The molecule has 0 fully saturated rings. The number of carbonyl (C=O) groups excluding carboxylic acids is 1. The number of benzene rings is 1. The average Bonchev–Trinajstić information content (AvgIpc) is 2.92. The molecule has 0 bridgehead atoms. The van der Waals surface area contributed by atoms with Crippen LogP contribution < -0.4 is 4.90 Å². The minimum atomic E-state index is 0.0730. The van der Waals surface area contributed by atoms with Crippen molar-refractivity contribution in [2.45, 2.75) is 110 Å². The lowest BCUT2D eigenvalue weighted by Gasteiger charge is -2.30. The summed E-state index contributed by atoms with van der Waals surface area (Å²) in [4.78, 5) is 14.5. The topological polar surface area (TPSA) is 20.3 Å². The molecule has 2 heteroatoms. The van der Waals surface area contributed by atoms with Gasteiger partial charge >= 0.3 is 0 Å². The molecule has 3 rings (SSSR count). The summed E-state index contributed by atoms with van der Waals surface area (Å²) < 4.78 is 0. The zero-order valence-corrected chi connectivity index (χ0v) is 23.3. The maximum Gasteiger partial charge on any atom is 0.185 e. The summed E-state index contributed by atoms with van der Waals surface area (Å²) in [5.74, 6) is 0.0730. The molecule has 0 atom stereocenters. The quantitative estimate of drug-likeness (QED) is 0.148. The van der Waals surface area contributed by atoms with Gasteiger partial charge in [0.2, 0.25) is 0 Å². The number of carbonyl (C=O) groups is 1.